The highest BCUT2D eigenvalue weighted by Crippen LogP contribution is 2.40. The SMILES string of the molecule is COc1nc(CN2CC[C@@H](O)C2)nc2c1CN(c1cccc(-c3ccccc3)c1Cl)C2. The van der Waals surface area contributed by atoms with Crippen LogP contribution in [0.1, 0.15) is 23.5 Å². The van der Waals surface area contributed by atoms with Crippen LogP contribution < -0.4 is 9.64 Å². The van der Waals surface area contributed by atoms with E-state index in [1.54, 1.807) is 7.11 Å². The molecule has 2 aliphatic rings. The number of halogens is 1. The van der Waals surface area contributed by atoms with Gasteiger partial charge in [-0.05, 0) is 18.1 Å². The van der Waals surface area contributed by atoms with Gasteiger partial charge in [-0.15, -0.1) is 0 Å². The molecule has 0 aliphatic carbocycles. The Morgan fingerprint density at radius 1 is 1.10 bits per heavy atom. The molecule has 1 fully saturated rings. The molecule has 0 unspecified atom stereocenters. The van der Waals surface area contributed by atoms with E-state index >= 15 is 0 Å². The zero-order valence-electron chi connectivity index (χ0n) is 17.5. The van der Waals surface area contributed by atoms with Gasteiger partial charge < -0.3 is 14.7 Å². The molecule has 31 heavy (non-hydrogen) atoms. The predicted molar refractivity (Wildman–Crippen MR) is 121 cm³/mol. The third-order valence-corrected chi connectivity index (χ3v) is 6.40. The first-order chi connectivity index (χ1) is 15.1. The Labute approximate surface area is 187 Å². The number of β-amino-alcohol motifs (C(OH)–C–C–N with tert-alkyl or cyclic N) is 1. The monoisotopic (exact) mass is 436 g/mol. The summed E-state index contributed by atoms with van der Waals surface area (Å²) in [5, 5.41) is 10.5. The smallest absolute Gasteiger partial charge is 0.221 e. The van der Waals surface area contributed by atoms with Gasteiger partial charge in [0.2, 0.25) is 5.88 Å². The van der Waals surface area contributed by atoms with Gasteiger partial charge in [-0.3, -0.25) is 4.90 Å². The number of anilines is 1. The minimum absolute atomic E-state index is 0.258. The van der Waals surface area contributed by atoms with Crippen LogP contribution in [-0.4, -0.2) is 46.3 Å². The molecule has 7 heteroatoms. The zero-order chi connectivity index (χ0) is 21.4. The Kier molecular flexibility index (Phi) is 5.52. The van der Waals surface area contributed by atoms with Gasteiger partial charge in [-0.2, -0.15) is 4.98 Å². The van der Waals surface area contributed by atoms with Crippen molar-refractivity contribution in [3.05, 3.63) is 70.6 Å². The normalized spacial score (nSPS) is 18.4. The van der Waals surface area contributed by atoms with Crippen LogP contribution in [0.3, 0.4) is 0 Å². The van der Waals surface area contributed by atoms with Crippen LogP contribution in [0, 0.1) is 0 Å². The van der Waals surface area contributed by atoms with Gasteiger partial charge in [0.25, 0.3) is 0 Å². The molecule has 1 saturated heterocycles. The summed E-state index contributed by atoms with van der Waals surface area (Å²) in [5.74, 6) is 1.35. The topological polar surface area (TPSA) is 61.7 Å². The Morgan fingerprint density at radius 3 is 2.68 bits per heavy atom. The number of likely N-dealkylation sites (tertiary alicyclic amines) is 1. The van der Waals surface area contributed by atoms with Gasteiger partial charge in [0.15, 0.2) is 0 Å². The van der Waals surface area contributed by atoms with Crippen molar-refractivity contribution in [1.29, 1.82) is 0 Å². The Balaban J connectivity index is 1.43. The fourth-order valence-electron chi connectivity index (χ4n) is 4.44. The molecule has 1 aromatic heterocycles. The lowest BCUT2D eigenvalue weighted by Crippen LogP contribution is -2.23. The van der Waals surface area contributed by atoms with Gasteiger partial charge in [0.1, 0.15) is 5.82 Å². The number of hydrogen-bond acceptors (Lipinski definition) is 6. The van der Waals surface area contributed by atoms with Crippen LogP contribution >= 0.6 is 11.6 Å². The largest absolute Gasteiger partial charge is 0.481 e. The molecule has 0 saturated carbocycles. The second-order valence-corrected chi connectivity index (χ2v) is 8.49. The lowest BCUT2D eigenvalue weighted by Gasteiger charge is -2.20. The number of aliphatic hydroxyl groups is 1. The van der Waals surface area contributed by atoms with E-state index in [2.05, 4.69) is 26.9 Å². The molecule has 0 radical (unpaired) electrons. The van der Waals surface area contributed by atoms with Crippen molar-refractivity contribution < 1.29 is 9.84 Å². The number of benzene rings is 2. The average molecular weight is 437 g/mol. The maximum absolute atomic E-state index is 9.80. The molecule has 2 aromatic carbocycles. The predicted octanol–water partition coefficient (Wildman–Crippen LogP) is 3.89. The number of ether oxygens (including phenoxy) is 1. The number of fused-ring (bicyclic) bond motifs is 1. The highest BCUT2D eigenvalue weighted by molar-refractivity contribution is 6.36. The number of aliphatic hydroxyl groups excluding tert-OH is 1. The molecule has 3 heterocycles. The number of nitrogens with zero attached hydrogens (tertiary/aromatic N) is 4. The maximum atomic E-state index is 9.80. The van der Waals surface area contributed by atoms with Crippen molar-refractivity contribution in [2.45, 2.75) is 32.2 Å². The molecule has 1 N–H and O–H groups in total. The standard InChI is InChI=1S/C24H25ClN4O2/c1-31-24-19-13-29(14-20(19)26-22(27-24)15-28-11-10-17(30)12-28)21-9-5-8-18(23(21)25)16-6-3-2-4-7-16/h2-9,17,30H,10-15H2,1H3/t17-/m1/s1. The molecule has 1 atom stereocenters. The molecule has 2 aliphatic heterocycles. The summed E-state index contributed by atoms with van der Waals surface area (Å²) in [5.41, 5.74) is 5.07. The molecule has 0 spiro atoms. The first-order valence-corrected chi connectivity index (χ1v) is 10.9. The zero-order valence-corrected chi connectivity index (χ0v) is 18.2. The summed E-state index contributed by atoms with van der Waals surface area (Å²) in [4.78, 5) is 13.9. The van der Waals surface area contributed by atoms with Crippen molar-refractivity contribution in [2.75, 3.05) is 25.1 Å². The summed E-state index contributed by atoms with van der Waals surface area (Å²) in [6.45, 7) is 3.45. The molecule has 5 rings (SSSR count). The summed E-state index contributed by atoms with van der Waals surface area (Å²) >= 11 is 6.86. The van der Waals surface area contributed by atoms with E-state index in [4.69, 9.17) is 21.3 Å². The molecular formula is C24H25ClN4O2. The van der Waals surface area contributed by atoms with Crippen LogP contribution in [0.2, 0.25) is 5.02 Å². The van der Waals surface area contributed by atoms with Gasteiger partial charge in [-0.1, -0.05) is 54.1 Å². The summed E-state index contributed by atoms with van der Waals surface area (Å²) in [6.07, 6.45) is 0.539. The van der Waals surface area contributed by atoms with Crippen molar-refractivity contribution in [3.8, 4) is 17.0 Å². The lowest BCUT2D eigenvalue weighted by molar-refractivity contribution is 0.174. The third kappa shape index (κ3) is 3.99. The molecule has 0 amide bonds. The number of aromatic nitrogens is 2. The van der Waals surface area contributed by atoms with E-state index in [9.17, 15) is 5.11 Å². The highest BCUT2D eigenvalue weighted by atomic mass is 35.5. The average Bonchev–Trinajstić information content (AvgIpc) is 3.39. The maximum Gasteiger partial charge on any atom is 0.221 e. The van der Waals surface area contributed by atoms with Gasteiger partial charge >= 0.3 is 0 Å². The first kappa shape index (κ1) is 20.2. The van der Waals surface area contributed by atoms with E-state index < -0.39 is 0 Å². The fourth-order valence-corrected chi connectivity index (χ4v) is 4.80. The van der Waals surface area contributed by atoms with Gasteiger partial charge in [-0.25, -0.2) is 4.98 Å². The Hall–Kier alpha value is -2.67. The quantitative estimate of drug-likeness (QED) is 0.654. The second kappa shape index (κ2) is 8.46. The number of hydrogen-bond donors (Lipinski definition) is 1. The van der Waals surface area contributed by atoms with Crippen LogP contribution in [-0.2, 0) is 19.6 Å². The van der Waals surface area contributed by atoms with Crippen LogP contribution in [0.15, 0.2) is 48.5 Å². The lowest BCUT2D eigenvalue weighted by atomic mass is 10.0. The minimum Gasteiger partial charge on any atom is -0.481 e. The molecular weight excluding hydrogens is 412 g/mol. The van der Waals surface area contributed by atoms with E-state index in [0.717, 1.165) is 51.9 Å². The fraction of sp³-hybridized carbons (Fsp3) is 0.333. The van der Waals surface area contributed by atoms with E-state index in [0.29, 0.717) is 32.1 Å². The molecule has 3 aromatic rings. The van der Waals surface area contributed by atoms with Crippen molar-refractivity contribution in [1.82, 2.24) is 14.9 Å². The molecule has 160 valence electrons. The summed E-state index contributed by atoms with van der Waals surface area (Å²) < 4.78 is 5.61. The second-order valence-electron chi connectivity index (χ2n) is 8.11. The van der Waals surface area contributed by atoms with Crippen LogP contribution in [0.5, 0.6) is 5.88 Å². The Morgan fingerprint density at radius 2 is 1.94 bits per heavy atom. The summed E-state index contributed by atoms with van der Waals surface area (Å²) in [6, 6.07) is 16.3. The molecule has 0 bridgehead atoms. The van der Waals surface area contributed by atoms with Crippen molar-refractivity contribution >= 4 is 17.3 Å². The van der Waals surface area contributed by atoms with Gasteiger partial charge in [0.05, 0.1) is 54.8 Å². The van der Waals surface area contributed by atoms with E-state index in [-0.39, 0.29) is 6.10 Å². The minimum atomic E-state index is -0.258. The van der Waals surface area contributed by atoms with Crippen LogP contribution in [0.25, 0.3) is 11.1 Å². The number of methoxy groups -OCH3 is 1. The van der Waals surface area contributed by atoms with Gasteiger partial charge in [0, 0.05) is 18.7 Å². The summed E-state index contributed by atoms with van der Waals surface area (Å²) in [7, 11) is 1.65. The first-order valence-electron chi connectivity index (χ1n) is 10.5. The third-order valence-electron chi connectivity index (χ3n) is 6.00. The van der Waals surface area contributed by atoms with E-state index in [1.165, 1.54) is 0 Å². The van der Waals surface area contributed by atoms with Crippen LogP contribution in [0.4, 0.5) is 5.69 Å². The highest BCUT2D eigenvalue weighted by Gasteiger charge is 2.29. The van der Waals surface area contributed by atoms with E-state index in [1.807, 2.05) is 36.4 Å². The van der Waals surface area contributed by atoms with Crippen molar-refractivity contribution in [2.24, 2.45) is 0 Å². The van der Waals surface area contributed by atoms with Crippen molar-refractivity contribution in [3.63, 3.8) is 0 Å². The number of rotatable bonds is 5. The Bertz CT molecular complexity index is 1090. The molecule has 6 nitrogen and oxygen atoms in total.